The van der Waals surface area contributed by atoms with Crippen molar-refractivity contribution in [2.45, 2.75) is 13.0 Å². The van der Waals surface area contributed by atoms with Crippen LogP contribution in [-0.2, 0) is 11.3 Å². The summed E-state index contributed by atoms with van der Waals surface area (Å²) in [4.78, 5) is 13.2. The molecule has 0 aromatic carbocycles. The fourth-order valence-corrected chi connectivity index (χ4v) is 1.85. The molecule has 1 aliphatic rings. The molecule has 1 unspecified atom stereocenters. The topological polar surface area (TPSA) is 68.7 Å². The van der Waals surface area contributed by atoms with E-state index >= 15 is 0 Å². The SMILES string of the molecule is NCCC1COC(=O)N(Cc2ccco2)C1. The van der Waals surface area contributed by atoms with Crippen LogP contribution in [0.15, 0.2) is 22.8 Å². The average molecular weight is 224 g/mol. The third-order valence-electron chi connectivity index (χ3n) is 2.68. The van der Waals surface area contributed by atoms with Crippen molar-refractivity contribution in [2.24, 2.45) is 11.7 Å². The van der Waals surface area contributed by atoms with Crippen LogP contribution in [0.5, 0.6) is 0 Å². The second-order valence-corrected chi connectivity index (χ2v) is 3.98. The summed E-state index contributed by atoms with van der Waals surface area (Å²) >= 11 is 0. The first-order valence-electron chi connectivity index (χ1n) is 5.43. The van der Waals surface area contributed by atoms with Gasteiger partial charge >= 0.3 is 6.09 Å². The van der Waals surface area contributed by atoms with E-state index in [1.54, 1.807) is 11.2 Å². The molecule has 1 aromatic rings. The highest BCUT2D eigenvalue weighted by Crippen LogP contribution is 2.16. The highest BCUT2D eigenvalue weighted by molar-refractivity contribution is 5.68. The van der Waals surface area contributed by atoms with Crippen LogP contribution in [-0.4, -0.2) is 30.7 Å². The number of nitrogens with zero attached hydrogens (tertiary/aromatic N) is 1. The number of rotatable bonds is 4. The van der Waals surface area contributed by atoms with Crippen molar-refractivity contribution in [3.05, 3.63) is 24.2 Å². The van der Waals surface area contributed by atoms with E-state index in [0.717, 1.165) is 12.2 Å². The molecule has 0 spiro atoms. The van der Waals surface area contributed by atoms with Gasteiger partial charge in [0, 0.05) is 12.5 Å². The molecule has 1 atom stereocenters. The maximum atomic E-state index is 11.5. The minimum Gasteiger partial charge on any atom is -0.467 e. The zero-order chi connectivity index (χ0) is 11.4. The largest absolute Gasteiger partial charge is 0.467 e. The van der Waals surface area contributed by atoms with E-state index in [2.05, 4.69) is 0 Å². The van der Waals surface area contributed by atoms with Crippen LogP contribution in [0.1, 0.15) is 12.2 Å². The van der Waals surface area contributed by atoms with Crippen LogP contribution < -0.4 is 5.73 Å². The van der Waals surface area contributed by atoms with Crippen LogP contribution in [0.25, 0.3) is 0 Å². The van der Waals surface area contributed by atoms with E-state index in [0.29, 0.717) is 32.2 Å². The molecule has 0 saturated carbocycles. The summed E-state index contributed by atoms with van der Waals surface area (Å²) in [6, 6.07) is 3.65. The van der Waals surface area contributed by atoms with Crippen molar-refractivity contribution in [2.75, 3.05) is 19.7 Å². The molecule has 1 fully saturated rings. The fraction of sp³-hybridized carbons (Fsp3) is 0.545. The molecule has 1 aromatic heterocycles. The fourth-order valence-electron chi connectivity index (χ4n) is 1.85. The smallest absolute Gasteiger partial charge is 0.410 e. The minimum atomic E-state index is -0.273. The molecule has 0 radical (unpaired) electrons. The molecule has 5 heteroatoms. The lowest BCUT2D eigenvalue weighted by Gasteiger charge is -2.31. The first kappa shape index (κ1) is 11.0. The summed E-state index contributed by atoms with van der Waals surface area (Å²) in [6.45, 7) is 2.26. The summed E-state index contributed by atoms with van der Waals surface area (Å²) in [7, 11) is 0. The van der Waals surface area contributed by atoms with Gasteiger partial charge in [-0.15, -0.1) is 0 Å². The second-order valence-electron chi connectivity index (χ2n) is 3.98. The highest BCUT2D eigenvalue weighted by Gasteiger charge is 2.27. The lowest BCUT2D eigenvalue weighted by Crippen LogP contribution is -2.43. The van der Waals surface area contributed by atoms with Crippen molar-refractivity contribution in [1.82, 2.24) is 4.90 Å². The van der Waals surface area contributed by atoms with Gasteiger partial charge in [0.05, 0.1) is 19.4 Å². The lowest BCUT2D eigenvalue weighted by atomic mass is 10.1. The van der Waals surface area contributed by atoms with Gasteiger partial charge in [0.25, 0.3) is 0 Å². The molecule has 2 heterocycles. The Morgan fingerprint density at radius 3 is 3.12 bits per heavy atom. The van der Waals surface area contributed by atoms with Crippen molar-refractivity contribution in [1.29, 1.82) is 0 Å². The van der Waals surface area contributed by atoms with E-state index in [1.165, 1.54) is 0 Å². The van der Waals surface area contributed by atoms with Crippen LogP contribution >= 0.6 is 0 Å². The van der Waals surface area contributed by atoms with Gasteiger partial charge in [-0.1, -0.05) is 0 Å². The Bertz CT molecular complexity index is 337. The molecule has 1 saturated heterocycles. The molecule has 2 N–H and O–H groups in total. The predicted molar refractivity (Wildman–Crippen MR) is 57.6 cm³/mol. The number of nitrogens with two attached hydrogens (primary N) is 1. The number of ether oxygens (including phenoxy) is 1. The van der Waals surface area contributed by atoms with E-state index in [1.807, 2.05) is 12.1 Å². The van der Waals surface area contributed by atoms with Crippen molar-refractivity contribution in [3.8, 4) is 0 Å². The Morgan fingerprint density at radius 2 is 2.44 bits per heavy atom. The van der Waals surface area contributed by atoms with Gasteiger partial charge in [-0.25, -0.2) is 4.79 Å². The Labute approximate surface area is 94.1 Å². The van der Waals surface area contributed by atoms with Crippen LogP contribution in [0.3, 0.4) is 0 Å². The maximum absolute atomic E-state index is 11.5. The molecule has 0 bridgehead atoms. The summed E-state index contributed by atoms with van der Waals surface area (Å²) in [5, 5.41) is 0. The third-order valence-corrected chi connectivity index (χ3v) is 2.68. The summed E-state index contributed by atoms with van der Waals surface area (Å²) in [5.74, 6) is 1.10. The molecule has 1 aliphatic heterocycles. The first-order valence-corrected chi connectivity index (χ1v) is 5.43. The van der Waals surface area contributed by atoms with E-state index in [9.17, 15) is 4.79 Å². The van der Waals surface area contributed by atoms with Gasteiger partial charge in [0.15, 0.2) is 0 Å². The number of hydrogen-bond acceptors (Lipinski definition) is 4. The van der Waals surface area contributed by atoms with E-state index in [-0.39, 0.29) is 6.09 Å². The second kappa shape index (κ2) is 5.03. The number of hydrogen-bond donors (Lipinski definition) is 1. The normalized spacial score (nSPS) is 20.9. The number of amides is 1. The van der Waals surface area contributed by atoms with Crippen LogP contribution in [0.4, 0.5) is 4.79 Å². The molecule has 16 heavy (non-hydrogen) atoms. The Balaban J connectivity index is 1.93. The molecule has 88 valence electrons. The Morgan fingerprint density at radius 1 is 1.56 bits per heavy atom. The quantitative estimate of drug-likeness (QED) is 0.834. The highest BCUT2D eigenvalue weighted by atomic mass is 16.6. The zero-order valence-corrected chi connectivity index (χ0v) is 9.09. The number of carbonyl (C=O) groups is 1. The van der Waals surface area contributed by atoms with Gasteiger partial charge < -0.3 is 19.8 Å². The van der Waals surface area contributed by atoms with E-state index in [4.69, 9.17) is 14.9 Å². The van der Waals surface area contributed by atoms with Crippen molar-refractivity contribution >= 4 is 6.09 Å². The molecular formula is C11H16N2O3. The van der Waals surface area contributed by atoms with Gasteiger partial charge in [-0.2, -0.15) is 0 Å². The molecule has 2 rings (SSSR count). The minimum absolute atomic E-state index is 0.273. The van der Waals surface area contributed by atoms with Gasteiger partial charge in [0.2, 0.25) is 0 Å². The van der Waals surface area contributed by atoms with Crippen LogP contribution in [0, 0.1) is 5.92 Å². The zero-order valence-electron chi connectivity index (χ0n) is 9.09. The van der Waals surface area contributed by atoms with Gasteiger partial charge in [0.1, 0.15) is 5.76 Å². The van der Waals surface area contributed by atoms with Crippen LogP contribution in [0.2, 0.25) is 0 Å². The average Bonchev–Trinajstić information content (AvgIpc) is 2.76. The molecule has 1 amide bonds. The number of carbonyl (C=O) groups excluding carboxylic acids is 1. The predicted octanol–water partition coefficient (Wildman–Crippen LogP) is 1.20. The summed E-state index contributed by atoms with van der Waals surface area (Å²) in [5.41, 5.74) is 5.50. The lowest BCUT2D eigenvalue weighted by molar-refractivity contribution is 0.0361. The standard InChI is InChI=1S/C11H16N2O3/c12-4-3-9-6-13(11(14)16-8-9)7-10-2-1-5-15-10/h1-2,5,9H,3-4,6-8,12H2. The van der Waals surface area contributed by atoms with Gasteiger partial charge in [-0.3, -0.25) is 0 Å². The first-order chi connectivity index (χ1) is 7.79. The van der Waals surface area contributed by atoms with Gasteiger partial charge in [-0.05, 0) is 25.1 Å². The third kappa shape index (κ3) is 2.55. The Hall–Kier alpha value is -1.49. The van der Waals surface area contributed by atoms with Crippen molar-refractivity contribution < 1.29 is 13.9 Å². The molecule has 0 aliphatic carbocycles. The van der Waals surface area contributed by atoms with E-state index < -0.39 is 0 Å². The van der Waals surface area contributed by atoms with Crippen molar-refractivity contribution in [3.63, 3.8) is 0 Å². The monoisotopic (exact) mass is 224 g/mol. The molecular weight excluding hydrogens is 208 g/mol. The summed E-state index contributed by atoms with van der Waals surface area (Å²) < 4.78 is 10.3. The number of cyclic esters (lactones) is 1. The maximum Gasteiger partial charge on any atom is 0.410 e. The molecule has 5 nitrogen and oxygen atoms in total. The number of furan rings is 1. The summed E-state index contributed by atoms with van der Waals surface area (Å²) in [6.07, 6.45) is 2.20. The Kier molecular flexibility index (Phi) is 3.46.